The quantitative estimate of drug-likeness (QED) is 0.788. The van der Waals surface area contributed by atoms with Crippen molar-refractivity contribution >= 4 is 15.9 Å². The third-order valence-electron chi connectivity index (χ3n) is 5.91. The van der Waals surface area contributed by atoms with Crippen molar-refractivity contribution in [2.24, 2.45) is 0 Å². The maximum atomic E-state index is 13.8. The molecule has 0 aromatic heterocycles. The van der Waals surface area contributed by atoms with E-state index in [4.69, 9.17) is 4.74 Å². The normalized spacial score (nSPS) is 19.5. The molecule has 8 heteroatoms. The van der Waals surface area contributed by atoms with Crippen molar-refractivity contribution in [3.63, 3.8) is 0 Å². The fourth-order valence-corrected chi connectivity index (χ4v) is 5.66. The number of hydrogen-bond acceptors (Lipinski definition) is 4. The molecule has 0 spiro atoms. The molecule has 1 amide bonds. The van der Waals surface area contributed by atoms with E-state index < -0.39 is 15.6 Å². The first-order valence-electron chi connectivity index (χ1n) is 10.2. The molecule has 30 heavy (non-hydrogen) atoms. The Balaban J connectivity index is 1.53. The molecule has 0 radical (unpaired) electrons. The zero-order valence-corrected chi connectivity index (χ0v) is 17.5. The van der Waals surface area contributed by atoms with Crippen molar-refractivity contribution in [1.29, 1.82) is 0 Å². The van der Waals surface area contributed by atoms with Gasteiger partial charge in [0.15, 0.2) is 0 Å². The van der Waals surface area contributed by atoms with Crippen LogP contribution in [-0.2, 0) is 20.3 Å². The van der Waals surface area contributed by atoms with Gasteiger partial charge >= 0.3 is 0 Å². The third kappa shape index (κ3) is 4.12. The van der Waals surface area contributed by atoms with Gasteiger partial charge in [0, 0.05) is 18.7 Å². The highest BCUT2D eigenvalue weighted by atomic mass is 32.2. The van der Waals surface area contributed by atoms with E-state index in [2.05, 4.69) is 5.32 Å². The number of halogens is 1. The van der Waals surface area contributed by atoms with Crippen LogP contribution in [0.2, 0.25) is 0 Å². The first-order valence-corrected chi connectivity index (χ1v) is 11.6. The number of carbonyl (C=O) groups is 1. The summed E-state index contributed by atoms with van der Waals surface area (Å²) in [6, 6.07) is 12.3. The summed E-state index contributed by atoms with van der Waals surface area (Å²) in [4.78, 5) is 13.1. The number of ether oxygens (including phenoxy) is 1. The fourth-order valence-electron chi connectivity index (χ4n) is 4.25. The van der Waals surface area contributed by atoms with Crippen LogP contribution in [0.25, 0.3) is 0 Å². The van der Waals surface area contributed by atoms with E-state index in [1.165, 1.54) is 40.7 Å². The minimum absolute atomic E-state index is 0.154. The molecular weight excluding hydrogens is 407 g/mol. The second-order valence-electron chi connectivity index (χ2n) is 7.79. The third-order valence-corrected chi connectivity index (χ3v) is 7.82. The number of rotatable bonds is 5. The topological polar surface area (TPSA) is 75.7 Å². The van der Waals surface area contributed by atoms with E-state index in [1.54, 1.807) is 6.07 Å². The molecule has 2 fully saturated rings. The van der Waals surface area contributed by atoms with E-state index in [0.29, 0.717) is 31.9 Å². The van der Waals surface area contributed by atoms with Gasteiger partial charge in [-0.2, -0.15) is 4.31 Å². The van der Waals surface area contributed by atoms with Crippen LogP contribution in [0.5, 0.6) is 0 Å². The standard InChI is InChI=1S/C22H25FN2O4S/c23-19-5-3-4-18(16-19)22(10-1-2-11-22)24-21(26)17-6-8-20(9-7-17)30(27,28)25-12-14-29-15-13-25/h3-9,16H,1-2,10-15H2,(H,24,26). The van der Waals surface area contributed by atoms with Crippen molar-refractivity contribution in [3.8, 4) is 0 Å². The summed E-state index contributed by atoms with van der Waals surface area (Å²) >= 11 is 0. The first kappa shape index (κ1) is 21.0. The maximum Gasteiger partial charge on any atom is 0.251 e. The lowest BCUT2D eigenvalue weighted by Gasteiger charge is -2.31. The average Bonchev–Trinajstić information content (AvgIpc) is 3.24. The van der Waals surface area contributed by atoms with Gasteiger partial charge in [-0.3, -0.25) is 4.79 Å². The van der Waals surface area contributed by atoms with Crippen LogP contribution in [0.4, 0.5) is 4.39 Å². The predicted molar refractivity (Wildman–Crippen MR) is 110 cm³/mol. The minimum Gasteiger partial charge on any atom is -0.379 e. The van der Waals surface area contributed by atoms with Gasteiger partial charge in [-0.05, 0) is 54.8 Å². The van der Waals surface area contributed by atoms with E-state index in [0.717, 1.165) is 31.2 Å². The summed E-state index contributed by atoms with van der Waals surface area (Å²) < 4.78 is 45.9. The van der Waals surface area contributed by atoms with E-state index in [-0.39, 0.29) is 16.6 Å². The summed E-state index contributed by atoms with van der Waals surface area (Å²) in [6.45, 7) is 1.39. The molecule has 1 aliphatic carbocycles. The number of amides is 1. The van der Waals surface area contributed by atoms with Crippen LogP contribution in [0.1, 0.15) is 41.6 Å². The first-order chi connectivity index (χ1) is 14.4. The molecular formula is C22H25FN2O4S. The smallest absolute Gasteiger partial charge is 0.251 e. The average molecular weight is 433 g/mol. The van der Waals surface area contributed by atoms with E-state index in [9.17, 15) is 17.6 Å². The fraction of sp³-hybridized carbons (Fsp3) is 0.409. The Kier molecular flexibility index (Phi) is 5.90. The lowest BCUT2D eigenvalue weighted by molar-refractivity contribution is 0.0730. The summed E-state index contributed by atoms with van der Waals surface area (Å²) in [6.07, 6.45) is 3.39. The Morgan fingerprint density at radius 3 is 2.33 bits per heavy atom. The summed E-state index contributed by atoms with van der Waals surface area (Å²) in [5.41, 5.74) is 0.538. The van der Waals surface area contributed by atoms with Crippen LogP contribution in [-0.4, -0.2) is 44.9 Å². The number of nitrogens with zero attached hydrogens (tertiary/aromatic N) is 1. The Morgan fingerprint density at radius 1 is 1.03 bits per heavy atom. The number of morpholine rings is 1. The van der Waals surface area contributed by atoms with Crippen LogP contribution in [0, 0.1) is 5.82 Å². The van der Waals surface area contributed by atoms with E-state index in [1.807, 2.05) is 6.07 Å². The number of hydrogen-bond donors (Lipinski definition) is 1. The van der Waals surface area contributed by atoms with Crippen LogP contribution >= 0.6 is 0 Å². The molecule has 1 N–H and O–H groups in total. The molecule has 0 atom stereocenters. The Labute approximate surface area is 176 Å². The van der Waals surface area contributed by atoms with Gasteiger partial charge in [0.1, 0.15) is 5.82 Å². The van der Waals surface area contributed by atoms with Crippen molar-refractivity contribution in [1.82, 2.24) is 9.62 Å². The van der Waals surface area contributed by atoms with Crippen LogP contribution in [0.15, 0.2) is 53.4 Å². The monoisotopic (exact) mass is 432 g/mol. The number of sulfonamides is 1. The van der Waals surface area contributed by atoms with E-state index >= 15 is 0 Å². The highest BCUT2D eigenvalue weighted by Crippen LogP contribution is 2.39. The summed E-state index contributed by atoms with van der Waals surface area (Å²) in [5, 5.41) is 3.09. The van der Waals surface area contributed by atoms with Gasteiger partial charge in [0.05, 0.1) is 23.6 Å². The van der Waals surface area contributed by atoms with Crippen LogP contribution < -0.4 is 5.32 Å². The molecule has 2 aromatic carbocycles. The molecule has 4 rings (SSSR count). The molecule has 1 saturated carbocycles. The van der Waals surface area contributed by atoms with Crippen LogP contribution in [0.3, 0.4) is 0 Å². The zero-order valence-electron chi connectivity index (χ0n) is 16.6. The SMILES string of the molecule is O=C(NC1(c2cccc(F)c2)CCCC1)c1ccc(S(=O)(=O)N2CCOCC2)cc1. The van der Waals surface area contributed by atoms with Crippen molar-refractivity contribution in [2.45, 2.75) is 36.1 Å². The lowest BCUT2D eigenvalue weighted by Crippen LogP contribution is -2.44. The number of benzene rings is 2. The lowest BCUT2D eigenvalue weighted by atomic mass is 9.87. The van der Waals surface area contributed by atoms with Gasteiger partial charge in [0.25, 0.3) is 5.91 Å². The molecule has 1 saturated heterocycles. The second-order valence-corrected chi connectivity index (χ2v) is 9.73. The van der Waals surface area contributed by atoms with Crippen molar-refractivity contribution in [3.05, 3.63) is 65.5 Å². The number of carbonyl (C=O) groups excluding carboxylic acids is 1. The summed E-state index contributed by atoms with van der Waals surface area (Å²) in [7, 11) is -3.61. The molecule has 160 valence electrons. The Hall–Kier alpha value is -2.29. The molecule has 2 aliphatic rings. The highest BCUT2D eigenvalue weighted by Gasteiger charge is 2.37. The molecule has 1 aliphatic heterocycles. The summed E-state index contributed by atoms with van der Waals surface area (Å²) in [5.74, 6) is -0.623. The maximum absolute atomic E-state index is 13.8. The van der Waals surface area contributed by atoms with Gasteiger partial charge in [-0.15, -0.1) is 0 Å². The Bertz CT molecular complexity index is 1010. The van der Waals surface area contributed by atoms with Gasteiger partial charge < -0.3 is 10.1 Å². The molecule has 0 unspecified atom stereocenters. The number of nitrogens with one attached hydrogen (secondary N) is 1. The largest absolute Gasteiger partial charge is 0.379 e. The molecule has 2 aromatic rings. The molecule has 6 nitrogen and oxygen atoms in total. The molecule has 0 bridgehead atoms. The minimum atomic E-state index is -3.61. The highest BCUT2D eigenvalue weighted by molar-refractivity contribution is 7.89. The molecule has 1 heterocycles. The van der Waals surface area contributed by atoms with Crippen molar-refractivity contribution in [2.75, 3.05) is 26.3 Å². The van der Waals surface area contributed by atoms with Gasteiger partial charge in [-0.25, -0.2) is 12.8 Å². The van der Waals surface area contributed by atoms with Crippen molar-refractivity contribution < 1.29 is 22.3 Å². The van der Waals surface area contributed by atoms with Gasteiger partial charge in [-0.1, -0.05) is 25.0 Å². The second kappa shape index (κ2) is 8.45. The zero-order chi connectivity index (χ0) is 21.2. The Morgan fingerprint density at radius 2 is 1.70 bits per heavy atom. The van der Waals surface area contributed by atoms with Gasteiger partial charge in [0.2, 0.25) is 10.0 Å². The predicted octanol–water partition coefficient (Wildman–Crippen LogP) is 3.05.